The van der Waals surface area contributed by atoms with Crippen LogP contribution in [0.1, 0.15) is 22.8 Å². The molecule has 1 unspecified atom stereocenters. The Morgan fingerprint density at radius 3 is 2.50 bits per heavy atom. The number of aliphatic hydroxyl groups is 2. The summed E-state index contributed by atoms with van der Waals surface area (Å²) in [5.74, 6) is -0.285. The largest absolute Gasteiger partial charge is 0.393 e. The fraction of sp³-hybridized carbons (Fsp3) is 0.462. The number of carbonyl (C=O) groups excluding carboxylic acids is 1. The van der Waals surface area contributed by atoms with Crippen LogP contribution in [0.3, 0.4) is 0 Å². The van der Waals surface area contributed by atoms with Crippen molar-refractivity contribution in [3.63, 3.8) is 0 Å². The number of rotatable bonds is 6. The van der Waals surface area contributed by atoms with Crippen LogP contribution in [0.15, 0.2) is 24.3 Å². The molecule has 0 aliphatic heterocycles. The van der Waals surface area contributed by atoms with E-state index in [1.54, 1.807) is 19.2 Å². The molecular weight excluding hydrogens is 234 g/mol. The van der Waals surface area contributed by atoms with Gasteiger partial charge in [-0.05, 0) is 24.6 Å². The number of ether oxygens (including phenoxy) is 1. The molecule has 1 aromatic rings. The number of carbonyl (C=O) groups is 1. The van der Waals surface area contributed by atoms with E-state index < -0.39 is 12.2 Å². The van der Waals surface area contributed by atoms with E-state index in [1.807, 2.05) is 12.1 Å². The fourth-order valence-electron chi connectivity index (χ4n) is 1.35. The second-order valence-corrected chi connectivity index (χ2v) is 4.47. The Labute approximate surface area is 106 Å². The van der Waals surface area contributed by atoms with Gasteiger partial charge < -0.3 is 20.3 Å². The lowest BCUT2D eigenvalue weighted by Crippen LogP contribution is -2.43. The lowest BCUT2D eigenvalue weighted by molar-refractivity contribution is 0.00320. The normalized spacial score (nSPS) is 14.0. The minimum atomic E-state index is -1.30. The number of aliphatic hydroxyl groups excluding tert-OH is 1. The highest BCUT2D eigenvalue weighted by Gasteiger charge is 2.20. The van der Waals surface area contributed by atoms with Gasteiger partial charge in [-0.15, -0.1) is 0 Å². The summed E-state index contributed by atoms with van der Waals surface area (Å²) in [7, 11) is 1.61. The van der Waals surface area contributed by atoms with Crippen LogP contribution in [-0.2, 0) is 11.3 Å². The van der Waals surface area contributed by atoms with Gasteiger partial charge in [0.1, 0.15) is 5.60 Å². The molecule has 5 heteroatoms. The van der Waals surface area contributed by atoms with Gasteiger partial charge in [-0.3, -0.25) is 4.79 Å². The summed E-state index contributed by atoms with van der Waals surface area (Å²) in [4.78, 5) is 11.7. The number of methoxy groups -OCH3 is 1. The lowest BCUT2D eigenvalue weighted by atomic mass is 10.1. The van der Waals surface area contributed by atoms with Crippen LogP contribution in [0.5, 0.6) is 0 Å². The molecular formula is C13H19NO4. The SMILES string of the molecule is COCc1ccc(C(=O)NCC(C)(O)CO)cc1. The molecule has 1 rings (SSSR count). The van der Waals surface area contributed by atoms with Gasteiger partial charge in [0.2, 0.25) is 0 Å². The highest BCUT2D eigenvalue weighted by atomic mass is 16.5. The zero-order chi connectivity index (χ0) is 13.6. The van der Waals surface area contributed by atoms with Crippen molar-refractivity contribution in [2.24, 2.45) is 0 Å². The lowest BCUT2D eigenvalue weighted by Gasteiger charge is -2.20. The first-order valence-electron chi connectivity index (χ1n) is 5.68. The molecule has 3 N–H and O–H groups in total. The Morgan fingerprint density at radius 1 is 1.39 bits per heavy atom. The number of nitrogens with one attached hydrogen (secondary N) is 1. The molecule has 0 heterocycles. The van der Waals surface area contributed by atoms with E-state index in [0.717, 1.165) is 5.56 Å². The smallest absolute Gasteiger partial charge is 0.251 e. The number of amides is 1. The van der Waals surface area contributed by atoms with E-state index in [9.17, 15) is 9.90 Å². The summed E-state index contributed by atoms with van der Waals surface area (Å²) in [5.41, 5.74) is 0.186. The Kier molecular flexibility index (Phi) is 5.27. The maximum atomic E-state index is 11.7. The van der Waals surface area contributed by atoms with E-state index >= 15 is 0 Å². The highest BCUT2D eigenvalue weighted by molar-refractivity contribution is 5.94. The quantitative estimate of drug-likeness (QED) is 0.681. The molecule has 100 valence electrons. The van der Waals surface area contributed by atoms with Crippen molar-refractivity contribution in [1.82, 2.24) is 5.32 Å². The van der Waals surface area contributed by atoms with Crippen LogP contribution >= 0.6 is 0 Å². The third-order valence-electron chi connectivity index (χ3n) is 2.50. The van der Waals surface area contributed by atoms with Crippen LogP contribution in [0.25, 0.3) is 0 Å². The van der Waals surface area contributed by atoms with Crippen molar-refractivity contribution in [3.8, 4) is 0 Å². The zero-order valence-corrected chi connectivity index (χ0v) is 10.6. The van der Waals surface area contributed by atoms with Crippen LogP contribution in [0.4, 0.5) is 0 Å². The van der Waals surface area contributed by atoms with Crippen LogP contribution in [0.2, 0.25) is 0 Å². The maximum absolute atomic E-state index is 11.7. The Bertz CT molecular complexity index is 386. The first-order chi connectivity index (χ1) is 8.48. The Hall–Kier alpha value is -1.43. The highest BCUT2D eigenvalue weighted by Crippen LogP contribution is 2.06. The van der Waals surface area contributed by atoms with Gasteiger partial charge in [0.05, 0.1) is 13.2 Å². The molecule has 1 aromatic carbocycles. The fourth-order valence-corrected chi connectivity index (χ4v) is 1.35. The first kappa shape index (κ1) is 14.6. The minimum absolute atomic E-state index is 0.00214. The minimum Gasteiger partial charge on any atom is -0.393 e. The average molecular weight is 253 g/mol. The van der Waals surface area contributed by atoms with Crippen LogP contribution in [-0.4, -0.2) is 42.0 Å². The molecule has 0 bridgehead atoms. The van der Waals surface area contributed by atoms with Crippen LogP contribution < -0.4 is 5.32 Å². The molecule has 1 amide bonds. The molecule has 0 fully saturated rings. The predicted molar refractivity (Wildman–Crippen MR) is 67.2 cm³/mol. The van der Waals surface area contributed by atoms with Gasteiger partial charge in [-0.1, -0.05) is 12.1 Å². The Balaban J connectivity index is 2.56. The summed E-state index contributed by atoms with van der Waals surface area (Å²) in [5, 5.41) is 21.0. The summed E-state index contributed by atoms with van der Waals surface area (Å²) in [6.45, 7) is 1.55. The molecule has 0 aromatic heterocycles. The third kappa shape index (κ3) is 4.44. The van der Waals surface area contributed by atoms with E-state index in [1.165, 1.54) is 6.92 Å². The van der Waals surface area contributed by atoms with E-state index in [4.69, 9.17) is 9.84 Å². The Morgan fingerprint density at radius 2 is 2.00 bits per heavy atom. The van der Waals surface area contributed by atoms with Gasteiger partial charge in [-0.25, -0.2) is 0 Å². The molecule has 0 aliphatic rings. The second-order valence-electron chi connectivity index (χ2n) is 4.47. The van der Waals surface area contributed by atoms with E-state index in [0.29, 0.717) is 12.2 Å². The molecule has 0 spiro atoms. The molecule has 0 saturated heterocycles. The van der Waals surface area contributed by atoms with Gasteiger partial charge in [0.15, 0.2) is 0 Å². The monoisotopic (exact) mass is 253 g/mol. The van der Waals surface area contributed by atoms with Crippen LogP contribution in [0, 0.1) is 0 Å². The summed E-state index contributed by atoms with van der Waals surface area (Å²) in [6, 6.07) is 7.00. The molecule has 5 nitrogen and oxygen atoms in total. The van der Waals surface area contributed by atoms with E-state index in [2.05, 4.69) is 5.32 Å². The number of hydrogen-bond acceptors (Lipinski definition) is 4. The summed E-state index contributed by atoms with van der Waals surface area (Å²) < 4.78 is 4.97. The van der Waals surface area contributed by atoms with Crippen molar-refractivity contribution in [1.29, 1.82) is 0 Å². The van der Waals surface area contributed by atoms with Crippen molar-refractivity contribution in [2.75, 3.05) is 20.3 Å². The van der Waals surface area contributed by atoms with Crippen molar-refractivity contribution in [3.05, 3.63) is 35.4 Å². The van der Waals surface area contributed by atoms with Crippen molar-refractivity contribution < 1.29 is 19.7 Å². The second kappa shape index (κ2) is 6.49. The van der Waals surface area contributed by atoms with Gasteiger partial charge >= 0.3 is 0 Å². The maximum Gasteiger partial charge on any atom is 0.251 e. The number of hydrogen-bond donors (Lipinski definition) is 3. The van der Waals surface area contributed by atoms with Crippen molar-refractivity contribution >= 4 is 5.91 Å². The predicted octanol–water partition coefficient (Wildman–Crippen LogP) is 0.306. The molecule has 0 aliphatic carbocycles. The topological polar surface area (TPSA) is 78.8 Å². The molecule has 18 heavy (non-hydrogen) atoms. The average Bonchev–Trinajstić information content (AvgIpc) is 2.37. The molecule has 0 radical (unpaired) electrons. The molecule has 1 atom stereocenters. The standard InChI is InChI=1S/C13H19NO4/c1-13(17,9-15)8-14-12(16)11-5-3-10(4-6-11)7-18-2/h3-6,15,17H,7-9H2,1-2H3,(H,14,16). The van der Waals surface area contributed by atoms with Gasteiger partial charge in [-0.2, -0.15) is 0 Å². The molecule has 0 saturated carbocycles. The van der Waals surface area contributed by atoms with Gasteiger partial charge in [0.25, 0.3) is 5.91 Å². The van der Waals surface area contributed by atoms with E-state index in [-0.39, 0.29) is 12.5 Å². The summed E-state index contributed by atoms with van der Waals surface area (Å²) >= 11 is 0. The van der Waals surface area contributed by atoms with Gasteiger partial charge in [0, 0.05) is 19.2 Å². The first-order valence-corrected chi connectivity index (χ1v) is 5.68. The third-order valence-corrected chi connectivity index (χ3v) is 2.50. The zero-order valence-electron chi connectivity index (χ0n) is 10.6. The summed E-state index contributed by atoms with van der Waals surface area (Å²) in [6.07, 6.45) is 0. The van der Waals surface area contributed by atoms with Crippen molar-refractivity contribution in [2.45, 2.75) is 19.1 Å². The number of benzene rings is 1.